The van der Waals surface area contributed by atoms with E-state index in [0.717, 1.165) is 15.6 Å². The average molecular weight is 404 g/mol. The highest BCUT2D eigenvalue weighted by atomic mass is 35.5. The molecular formula is C20H18ClNO4S. The van der Waals surface area contributed by atoms with Gasteiger partial charge in [-0.2, -0.15) is 0 Å². The van der Waals surface area contributed by atoms with Gasteiger partial charge in [-0.05, 0) is 23.8 Å². The van der Waals surface area contributed by atoms with Gasteiger partial charge in [0.15, 0.2) is 0 Å². The molecule has 0 aliphatic heterocycles. The lowest BCUT2D eigenvalue weighted by atomic mass is 10.0. The maximum Gasteiger partial charge on any atom is 0.307 e. The van der Waals surface area contributed by atoms with Crippen LogP contribution in [0.3, 0.4) is 0 Å². The van der Waals surface area contributed by atoms with Gasteiger partial charge in [0.2, 0.25) is 0 Å². The number of halogens is 1. The molecule has 3 rings (SSSR count). The number of methoxy groups -OCH3 is 2. The Labute approximate surface area is 165 Å². The highest BCUT2D eigenvalue weighted by Gasteiger charge is 2.23. The van der Waals surface area contributed by atoms with E-state index in [-0.39, 0.29) is 12.3 Å². The number of carbonyl (C=O) groups is 2. The molecule has 0 saturated heterocycles. The molecule has 1 N–H and O–H groups in total. The molecule has 1 unspecified atom stereocenters. The second-order valence-corrected chi connectivity index (χ2v) is 7.25. The molecule has 5 nitrogen and oxygen atoms in total. The summed E-state index contributed by atoms with van der Waals surface area (Å²) in [5.41, 5.74) is 0.770. The van der Waals surface area contributed by atoms with E-state index in [1.807, 2.05) is 24.3 Å². The van der Waals surface area contributed by atoms with Gasteiger partial charge in [-0.15, -0.1) is 11.3 Å². The third kappa shape index (κ3) is 4.23. The number of benzene rings is 2. The molecule has 1 aromatic heterocycles. The Hall–Kier alpha value is -2.57. The maximum atomic E-state index is 12.8. The van der Waals surface area contributed by atoms with E-state index >= 15 is 0 Å². The van der Waals surface area contributed by atoms with Crippen molar-refractivity contribution in [2.45, 2.75) is 12.5 Å². The predicted octanol–water partition coefficient (Wildman–Crippen LogP) is 4.60. The number of hydrogen-bond donors (Lipinski definition) is 1. The van der Waals surface area contributed by atoms with E-state index in [9.17, 15) is 9.59 Å². The van der Waals surface area contributed by atoms with Crippen LogP contribution >= 0.6 is 22.9 Å². The molecule has 3 aromatic rings. The van der Waals surface area contributed by atoms with Crippen LogP contribution in [0.5, 0.6) is 5.75 Å². The summed E-state index contributed by atoms with van der Waals surface area (Å²) >= 11 is 7.72. The molecule has 1 heterocycles. The summed E-state index contributed by atoms with van der Waals surface area (Å²) < 4.78 is 10.9. The van der Waals surface area contributed by atoms with Crippen LogP contribution in [-0.2, 0) is 9.53 Å². The smallest absolute Gasteiger partial charge is 0.307 e. The van der Waals surface area contributed by atoms with E-state index in [1.165, 1.54) is 18.4 Å². The second kappa shape index (κ2) is 8.41. The minimum Gasteiger partial charge on any atom is -0.497 e. The standard InChI is InChI=1S/C20H18ClNO4S/c1-25-13-9-7-12(8-10-13)15(11-17(23)26-2)22-20(24)19-18(21)14-5-3-4-6-16(14)27-19/h3-10,15H,11H2,1-2H3,(H,22,24). The molecule has 0 saturated carbocycles. The third-order valence-electron chi connectivity index (χ3n) is 4.16. The lowest BCUT2D eigenvalue weighted by molar-refractivity contribution is -0.141. The summed E-state index contributed by atoms with van der Waals surface area (Å²) in [7, 11) is 2.89. The summed E-state index contributed by atoms with van der Waals surface area (Å²) in [6.07, 6.45) is 0.0110. The van der Waals surface area contributed by atoms with Gasteiger partial charge < -0.3 is 14.8 Å². The quantitative estimate of drug-likeness (QED) is 0.611. The summed E-state index contributed by atoms with van der Waals surface area (Å²) in [6, 6.07) is 14.2. The van der Waals surface area contributed by atoms with Crippen molar-refractivity contribution >= 4 is 44.9 Å². The number of esters is 1. The highest BCUT2D eigenvalue weighted by molar-refractivity contribution is 7.21. The molecule has 1 amide bonds. The summed E-state index contributed by atoms with van der Waals surface area (Å²) in [6.45, 7) is 0. The van der Waals surface area contributed by atoms with Crippen LogP contribution in [0.25, 0.3) is 10.1 Å². The minimum atomic E-state index is -0.544. The van der Waals surface area contributed by atoms with Crippen molar-refractivity contribution < 1.29 is 19.1 Å². The number of rotatable bonds is 6. The zero-order valence-corrected chi connectivity index (χ0v) is 16.4. The van der Waals surface area contributed by atoms with Crippen molar-refractivity contribution in [2.24, 2.45) is 0 Å². The zero-order chi connectivity index (χ0) is 19.4. The van der Waals surface area contributed by atoms with Crippen LogP contribution in [0.15, 0.2) is 48.5 Å². The molecule has 0 radical (unpaired) electrons. The molecule has 140 valence electrons. The Morgan fingerprint density at radius 2 is 1.81 bits per heavy atom. The molecular weight excluding hydrogens is 386 g/mol. The molecule has 7 heteroatoms. The number of fused-ring (bicyclic) bond motifs is 1. The van der Waals surface area contributed by atoms with Crippen molar-refractivity contribution in [3.05, 3.63) is 64.0 Å². The van der Waals surface area contributed by atoms with Gasteiger partial charge in [-0.25, -0.2) is 0 Å². The predicted molar refractivity (Wildman–Crippen MR) is 107 cm³/mol. The first-order valence-corrected chi connectivity index (χ1v) is 9.41. The fraction of sp³-hybridized carbons (Fsp3) is 0.200. The first-order valence-electron chi connectivity index (χ1n) is 8.22. The van der Waals surface area contributed by atoms with E-state index in [2.05, 4.69) is 5.32 Å². The fourth-order valence-corrected chi connectivity index (χ4v) is 4.14. The number of ether oxygens (including phenoxy) is 2. The lowest BCUT2D eigenvalue weighted by Gasteiger charge is -2.18. The van der Waals surface area contributed by atoms with E-state index in [4.69, 9.17) is 21.1 Å². The monoisotopic (exact) mass is 403 g/mol. The van der Waals surface area contributed by atoms with Gasteiger partial charge in [0.25, 0.3) is 5.91 Å². The van der Waals surface area contributed by atoms with Crippen molar-refractivity contribution in [1.82, 2.24) is 5.32 Å². The van der Waals surface area contributed by atoms with Gasteiger partial charge in [0, 0.05) is 10.1 Å². The Morgan fingerprint density at radius 3 is 2.44 bits per heavy atom. The topological polar surface area (TPSA) is 64.6 Å². The molecule has 1 atom stereocenters. The summed E-state index contributed by atoms with van der Waals surface area (Å²) in [5.74, 6) is -0.0566. The van der Waals surface area contributed by atoms with Gasteiger partial charge in [-0.3, -0.25) is 9.59 Å². The van der Waals surface area contributed by atoms with Crippen molar-refractivity contribution in [2.75, 3.05) is 14.2 Å². The number of hydrogen-bond acceptors (Lipinski definition) is 5. The number of amides is 1. The Kier molecular flexibility index (Phi) is 5.98. The van der Waals surface area contributed by atoms with Crippen LogP contribution < -0.4 is 10.1 Å². The van der Waals surface area contributed by atoms with Crippen LogP contribution in [-0.4, -0.2) is 26.1 Å². The number of carbonyl (C=O) groups excluding carboxylic acids is 2. The van der Waals surface area contributed by atoms with Crippen molar-refractivity contribution in [3.63, 3.8) is 0 Å². The van der Waals surface area contributed by atoms with Crippen molar-refractivity contribution in [3.8, 4) is 5.75 Å². The molecule has 2 aromatic carbocycles. The number of thiophene rings is 1. The molecule has 0 aliphatic carbocycles. The third-order valence-corrected chi connectivity index (χ3v) is 5.84. The van der Waals surface area contributed by atoms with Gasteiger partial charge in [0.1, 0.15) is 10.6 Å². The van der Waals surface area contributed by atoms with Gasteiger partial charge >= 0.3 is 5.97 Å². The number of nitrogens with one attached hydrogen (secondary N) is 1. The first-order chi connectivity index (χ1) is 13.0. The van der Waals surface area contributed by atoms with Crippen molar-refractivity contribution in [1.29, 1.82) is 0 Å². The second-order valence-electron chi connectivity index (χ2n) is 5.82. The maximum absolute atomic E-state index is 12.8. The van der Waals surface area contributed by atoms with Crippen LogP contribution in [0, 0.1) is 0 Å². The lowest BCUT2D eigenvalue weighted by Crippen LogP contribution is -2.30. The largest absolute Gasteiger partial charge is 0.497 e. The summed E-state index contributed by atoms with van der Waals surface area (Å²) in [4.78, 5) is 25.1. The highest BCUT2D eigenvalue weighted by Crippen LogP contribution is 2.35. The molecule has 0 aliphatic rings. The molecule has 0 bridgehead atoms. The van der Waals surface area contributed by atoms with Gasteiger partial charge in [0.05, 0.1) is 31.7 Å². The molecule has 0 fully saturated rings. The Bertz CT molecular complexity index is 968. The molecule has 27 heavy (non-hydrogen) atoms. The first kappa shape index (κ1) is 19.2. The van der Waals surface area contributed by atoms with Gasteiger partial charge in [-0.1, -0.05) is 41.9 Å². The average Bonchev–Trinajstić information content (AvgIpc) is 3.04. The Balaban J connectivity index is 1.88. The SMILES string of the molecule is COC(=O)CC(NC(=O)c1sc2ccccc2c1Cl)c1ccc(OC)cc1. The normalized spacial score (nSPS) is 11.8. The summed E-state index contributed by atoms with van der Waals surface area (Å²) in [5, 5.41) is 4.15. The van der Waals surface area contributed by atoms with Crippen LogP contribution in [0.4, 0.5) is 0 Å². The van der Waals surface area contributed by atoms with Crippen LogP contribution in [0.1, 0.15) is 27.7 Å². The molecule has 0 spiro atoms. The minimum absolute atomic E-state index is 0.0110. The van der Waals surface area contributed by atoms with E-state index in [0.29, 0.717) is 15.6 Å². The van der Waals surface area contributed by atoms with Crippen LogP contribution in [0.2, 0.25) is 5.02 Å². The Morgan fingerprint density at radius 1 is 1.11 bits per heavy atom. The van der Waals surface area contributed by atoms with E-state index < -0.39 is 12.0 Å². The zero-order valence-electron chi connectivity index (χ0n) is 14.8. The van der Waals surface area contributed by atoms with E-state index in [1.54, 1.807) is 31.4 Å². The fourth-order valence-electron chi connectivity index (χ4n) is 2.72.